The maximum atomic E-state index is 14.5. The summed E-state index contributed by atoms with van der Waals surface area (Å²) >= 11 is 0. The minimum atomic E-state index is -5.70. The number of halogens is 6. The Bertz CT molecular complexity index is 496. The predicted octanol–water partition coefficient (Wildman–Crippen LogP) is 2.68. The Labute approximate surface area is 138 Å². The van der Waals surface area contributed by atoms with Crippen LogP contribution in [0.4, 0.5) is 26.3 Å². The van der Waals surface area contributed by atoms with E-state index in [2.05, 4.69) is 25.5 Å². The van der Waals surface area contributed by atoms with Crippen molar-refractivity contribution in [3.05, 3.63) is 12.4 Å². The summed E-state index contributed by atoms with van der Waals surface area (Å²) in [4.78, 5) is 10.9. The second-order valence-electron chi connectivity index (χ2n) is 4.80. The fraction of sp³-hybridized carbons (Fsp3) is 0.769. The fourth-order valence-corrected chi connectivity index (χ4v) is 1.95. The number of carbonyl (C=O) groups excluding carboxylic acids is 1. The third kappa shape index (κ3) is 4.43. The molecule has 1 fully saturated rings. The zero-order chi connectivity index (χ0) is 19.5. The monoisotopic (exact) mass is 382 g/mol. The van der Waals surface area contributed by atoms with Gasteiger partial charge in [-0.1, -0.05) is 6.58 Å². The smallest absolute Gasteiger partial charge is 0.450 e. The van der Waals surface area contributed by atoms with E-state index < -0.39 is 55.5 Å². The molecule has 12 heteroatoms. The molecule has 1 aliphatic heterocycles. The lowest BCUT2D eigenvalue weighted by atomic mass is 10.0. The number of ether oxygens (including phenoxy) is 5. The molecule has 1 aliphatic rings. The van der Waals surface area contributed by atoms with Gasteiger partial charge in [-0.15, -0.1) is 0 Å². The van der Waals surface area contributed by atoms with Crippen LogP contribution in [0, 0.1) is 0 Å². The van der Waals surface area contributed by atoms with Crippen LogP contribution in [0.1, 0.15) is 13.8 Å². The first-order chi connectivity index (χ1) is 11.4. The van der Waals surface area contributed by atoms with E-state index in [0.29, 0.717) is 0 Å². The molecule has 0 aromatic carbocycles. The SMILES string of the molecule is C=C(F)C(=O)OCC1OCOC(OC(C)OCC)(C(F)(F)F)C1(F)F. The van der Waals surface area contributed by atoms with Crippen LogP contribution in [0.2, 0.25) is 0 Å². The van der Waals surface area contributed by atoms with Gasteiger partial charge in [0.05, 0.1) is 0 Å². The van der Waals surface area contributed by atoms with Crippen LogP contribution in [0.25, 0.3) is 0 Å². The first kappa shape index (κ1) is 21.7. The summed E-state index contributed by atoms with van der Waals surface area (Å²) in [6, 6.07) is 0. The van der Waals surface area contributed by atoms with Gasteiger partial charge in [-0.3, -0.25) is 0 Å². The molecule has 1 rings (SSSR count). The lowest BCUT2D eigenvalue weighted by Crippen LogP contribution is -2.71. The zero-order valence-corrected chi connectivity index (χ0v) is 13.2. The van der Waals surface area contributed by atoms with Gasteiger partial charge >= 0.3 is 23.9 Å². The Morgan fingerprint density at radius 2 is 2.00 bits per heavy atom. The first-order valence-corrected chi connectivity index (χ1v) is 6.90. The van der Waals surface area contributed by atoms with Gasteiger partial charge in [0, 0.05) is 6.61 Å². The molecule has 146 valence electrons. The standard InChI is InChI=1S/C13H16F6O6/c1-4-21-8(3)25-12(13(17,18)19)11(15,16)9(23-6-24-12)5-22-10(20)7(2)14/h8-9H,2,4-6H2,1,3H3. The van der Waals surface area contributed by atoms with Crippen LogP contribution >= 0.6 is 0 Å². The van der Waals surface area contributed by atoms with Crippen LogP contribution in [0.3, 0.4) is 0 Å². The van der Waals surface area contributed by atoms with Crippen molar-refractivity contribution in [2.45, 2.75) is 44.1 Å². The van der Waals surface area contributed by atoms with Crippen LogP contribution < -0.4 is 0 Å². The maximum absolute atomic E-state index is 14.5. The van der Waals surface area contributed by atoms with Crippen LogP contribution in [-0.2, 0) is 28.5 Å². The Morgan fingerprint density at radius 1 is 1.40 bits per heavy atom. The molecule has 0 aliphatic carbocycles. The molecular formula is C13H16F6O6. The van der Waals surface area contributed by atoms with Crippen LogP contribution in [0.5, 0.6) is 0 Å². The quantitative estimate of drug-likeness (QED) is 0.292. The maximum Gasteiger partial charge on any atom is 0.450 e. The zero-order valence-electron chi connectivity index (χ0n) is 13.2. The van der Waals surface area contributed by atoms with Gasteiger partial charge in [-0.2, -0.15) is 26.3 Å². The van der Waals surface area contributed by atoms with Gasteiger partial charge in [0.25, 0.3) is 0 Å². The average Bonchev–Trinajstić information content (AvgIpc) is 2.46. The molecule has 0 N–H and O–H groups in total. The highest BCUT2D eigenvalue weighted by molar-refractivity contribution is 5.85. The average molecular weight is 382 g/mol. The van der Waals surface area contributed by atoms with E-state index in [-0.39, 0.29) is 6.61 Å². The largest absolute Gasteiger partial charge is 0.457 e. The number of esters is 1. The summed E-state index contributed by atoms with van der Waals surface area (Å²) < 4.78 is 103. The molecule has 25 heavy (non-hydrogen) atoms. The molecule has 0 spiro atoms. The van der Waals surface area contributed by atoms with Crippen LogP contribution in [-0.4, -0.2) is 56.3 Å². The second-order valence-corrected chi connectivity index (χ2v) is 4.80. The van der Waals surface area contributed by atoms with Gasteiger partial charge in [-0.25, -0.2) is 4.79 Å². The number of carbonyl (C=O) groups is 1. The number of hydrogen-bond donors (Lipinski definition) is 0. The van der Waals surface area contributed by atoms with Crippen molar-refractivity contribution in [1.82, 2.24) is 0 Å². The number of hydrogen-bond acceptors (Lipinski definition) is 6. The highest BCUT2D eigenvalue weighted by Crippen LogP contribution is 2.51. The van der Waals surface area contributed by atoms with Crippen molar-refractivity contribution in [2.24, 2.45) is 0 Å². The van der Waals surface area contributed by atoms with E-state index >= 15 is 0 Å². The molecule has 3 unspecified atom stereocenters. The van der Waals surface area contributed by atoms with E-state index in [0.717, 1.165) is 6.92 Å². The van der Waals surface area contributed by atoms with E-state index in [1.165, 1.54) is 6.92 Å². The fourth-order valence-electron chi connectivity index (χ4n) is 1.95. The van der Waals surface area contributed by atoms with Crippen molar-refractivity contribution < 1.29 is 54.8 Å². The molecule has 0 saturated carbocycles. The summed E-state index contributed by atoms with van der Waals surface area (Å²) in [6.07, 6.45) is -10.0. The van der Waals surface area contributed by atoms with Crippen molar-refractivity contribution in [3.63, 3.8) is 0 Å². The Hall–Kier alpha value is -1.37. The third-order valence-corrected chi connectivity index (χ3v) is 3.07. The summed E-state index contributed by atoms with van der Waals surface area (Å²) in [7, 11) is 0. The number of alkyl halides is 5. The Kier molecular flexibility index (Phi) is 6.84. The van der Waals surface area contributed by atoms with Gasteiger partial charge in [0.15, 0.2) is 19.2 Å². The van der Waals surface area contributed by atoms with Gasteiger partial charge in [-0.05, 0) is 13.8 Å². The van der Waals surface area contributed by atoms with Crippen molar-refractivity contribution in [3.8, 4) is 0 Å². The highest BCUT2D eigenvalue weighted by atomic mass is 19.4. The molecule has 1 heterocycles. The van der Waals surface area contributed by atoms with Crippen molar-refractivity contribution >= 4 is 5.97 Å². The summed E-state index contributed by atoms with van der Waals surface area (Å²) in [5.74, 6) is -12.6. The molecule has 0 aromatic heterocycles. The molecule has 3 atom stereocenters. The van der Waals surface area contributed by atoms with Crippen LogP contribution in [0.15, 0.2) is 12.4 Å². The molecule has 1 saturated heterocycles. The molecule has 0 bridgehead atoms. The minimum Gasteiger partial charge on any atom is -0.457 e. The summed E-state index contributed by atoms with van der Waals surface area (Å²) in [5.41, 5.74) is 0. The lowest BCUT2D eigenvalue weighted by Gasteiger charge is -2.47. The first-order valence-electron chi connectivity index (χ1n) is 6.90. The Morgan fingerprint density at radius 3 is 2.48 bits per heavy atom. The van der Waals surface area contributed by atoms with E-state index in [4.69, 9.17) is 4.74 Å². The normalized spacial score (nSPS) is 27.6. The molecule has 0 amide bonds. The van der Waals surface area contributed by atoms with E-state index in [1.807, 2.05) is 0 Å². The predicted molar refractivity (Wildman–Crippen MR) is 67.9 cm³/mol. The summed E-state index contributed by atoms with van der Waals surface area (Å²) in [5, 5.41) is 0. The highest BCUT2D eigenvalue weighted by Gasteiger charge is 2.78. The second kappa shape index (κ2) is 7.89. The molecular weight excluding hydrogens is 366 g/mol. The van der Waals surface area contributed by atoms with E-state index in [9.17, 15) is 31.1 Å². The van der Waals surface area contributed by atoms with E-state index in [1.54, 1.807) is 0 Å². The summed E-state index contributed by atoms with van der Waals surface area (Å²) in [6.45, 7) is 2.20. The molecule has 0 radical (unpaired) electrons. The third-order valence-electron chi connectivity index (χ3n) is 3.07. The van der Waals surface area contributed by atoms with Gasteiger partial charge in [0.1, 0.15) is 6.61 Å². The number of rotatable bonds is 7. The minimum absolute atomic E-state index is 0.114. The topological polar surface area (TPSA) is 63.2 Å². The molecule has 6 nitrogen and oxygen atoms in total. The van der Waals surface area contributed by atoms with Crippen molar-refractivity contribution in [1.29, 1.82) is 0 Å². The van der Waals surface area contributed by atoms with Crippen molar-refractivity contribution in [2.75, 3.05) is 20.0 Å². The Balaban J connectivity index is 3.10. The van der Waals surface area contributed by atoms with Gasteiger partial charge < -0.3 is 23.7 Å². The van der Waals surface area contributed by atoms with Gasteiger partial charge in [0.2, 0.25) is 5.83 Å². The molecule has 0 aromatic rings. The lowest BCUT2D eigenvalue weighted by molar-refractivity contribution is -0.510.